The van der Waals surface area contributed by atoms with Gasteiger partial charge in [0, 0.05) is 24.8 Å². The first kappa shape index (κ1) is 15.9. The quantitative estimate of drug-likeness (QED) is 0.852. The SMILES string of the molecule is Cc1ccc(N2CCn3c(SCC(=O)NC(C)C)nnc32)cc1. The fourth-order valence-electron chi connectivity index (χ4n) is 2.55. The van der Waals surface area contributed by atoms with Crippen molar-refractivity contribution >= 4 is 29.3 Å². The number of aromatic nitrogens is 3. The van der Waals surface area contributed by atoms with Gasteiger partial charge in [-0.25, -0.2) is 0 Å². The molecule has 0 atom stereocenters. The van der Waals surface area contributed by atoms with Gasteiger partial charge in [0.15, 0.2) is 5.16 Å². The Hall–Kier alpha value is -2.02. The lowest BCUT2D eigenvalue weighted by atomic mass is 10.2. The van der Waals surface area contributed by atoms with Crippen molar-refractivity contribution < 1.29 is 4.79 Å². The number of hydrogen-bond acceptors (Lipinski definition) is 5. The zero-order chi connectivity index (χ0) is 16.4. The van der Waals surface area contributed by atoms with Crippen molar-refractivity contribution in [1.29, 1.82) is 0 Å². The van der Waals surface area contributed by atoms with E-state index < -0.39 is 0 Å². The number of nitrogens with zero attached hydrogens (tertiary/aromatic N) is 4. The molecule has 122 valence electrons. The largest absolute Gasteiger partial charge is 0.353 e. The first-order chi connectivity index (χ1) is 11.0. The molecule has 1 aromatic heterocycles. The van der Waals surface area contributed by atoms with E-state index in [0.29, 0.717) is 5.75 Å². The van der Waals surface area contributed by atoms with E-state index in [1.165, 1.54) is 17.3 Å². The number of thioether (sulfide) groups is 1. The minimum atomic E-state index is 0.0238. The Morgan fingerprint density at radius 1 is 1.26 bits per heavy atom. The first-order valence-corrected chi connectivity index (χ1v) is 8.72. The van der Waals surface area contributed by atoms with E-state index in [4.69, 9.17) is 0 Å². The standard InChI is InChI=1S/C16H21N5OS/c1-11(2)17-14(22)10-23-16-19-18-15-20(8-9-21(15)16)13-6-4-12(3)5-7-13/h4-7,11H,8-10H2,1-3H3,(H,17,22). The monoisotopic (exact) mass is 331 g/mol. The zero-order valence-electron chi connectivity index (χ0n) is 13.6. The molecule has 7 heteroatoms. The van der Waals surface area contributed by atoms with E-state index in [-0.39, 0.29) is 11.9 Å². The average Bonchev–Trinajstić information content (AvgIpc) is 3.07. The molecule has 1 aliphatic rings. The van der Waals surface area contributed by atoms with Crippen LogP contribution in [0.2, 0.25) is 0 Å². The topological polar surface area (TPSA) is 63.1 Å². The number of fused-ring (bicyclic) bond motifs is 1. The molecule has 3 rings (SSSR count). The molecule has 0 unspecified atom stereocenters. The molecule has 0 aliphatic carbocycles. The second-order valence-electron chi connectivity index (χ2n) is 5.93. The Morgan fingerprint density at radius 3 is 2.70 bits per heavy atom. The number of nitrogens with one attached hydrogen (secondary N) is 1. The van der Waals surface area contributed by atoms with Gasteiger partial charge in [-0.15, -0.1) is 10.2 Å². The highest BCUT2D eigenvalue weighted by molar-refractivity contribution is 7.99. The molecule has 0 saturated carbocycles. The molecular formula is C16H21N5OS. The summed E-state index contributed by atoms with van der Waals surface area (Å²) in [5, 5.41) is 12.2. The van der Waals surface area contributed by atoms with Gasteiger partial charge in [0.1, 0.15) is 0 Å². The van der Waals surface area contributed by atoms with Crippen LogP contribution < -0.4 is 10.2 Å². The molecule has 0 bridgehead atoms. The van der Waals surface area contributed by atoms with Crippen LogP contribution in [0.5, 0.6) is 0 Å². The molecule has 2 heterocycles. The number of anilines is 2. The van der Waals surface area contributed by atoms with E-state index >= 15 is 0 Å². The van der Waals surface area contributed by atoms with Crippen molar-refractivity contribution in [1.82, 2.24) is 20.1 Å². The molecule has 23 heavy (non-hydrogen) atoms. The first-order valence-electron chi connectivity index (χ1n) is 7.74. The predicted octanol–water partition coefficient (Wildman–Crippen LogP) is 2.35. The van der Waals surface area contributed by atoms with E-state index in [9.17, 15) is 4.79 Å². The maximum atomic E-state index is 11.8. The number of carbonyl (C=O) groups excluding carboxylic acids is 1. The molecule has 1 aliphatic heterocycles. The molecule has 0 fully saturated rings. The maximum Gasteiger partial charge on any atom is 0.232 e. The maximum absolute atomic E-state index is 11.8. The third kappa shape index (κ3) is 3.50. The Morgan fingerprint density at radius 2 is 2.00 bits per heavy atom. The summed E-state index contributed by atoms with van der Waals surface area (Å²) < 4.78 is 2.08. The van der Waals surface area contributed by atoms with Crippen LogP contribution in [-0.2, 0) is 11.3 Å². The van der Waals surface area contributed by atoms with Crippen LogP contribution >= 0.6 is 11.8 Å². The van der Waals surface area contributed by atoms with Gasteiger partial charge in [-0.1, -0.05) is 29.5 Å². The lowest BCUT2D eigenvalue weighted by molar-refractivity contribution is -0.119. The summed E-state index contributed by atoms with van der Waals surface area (Å²) in [7, 11) is 0. The smallest absolute Gasteiger partial charge is 0.232 e. The summed E-state index contributed by atoms with van der Waals surface area (Å²) in [5.41, 5.74) is 2.36. The highest BCUT2D eigenvalue weighted by atomic mass is 32.2. The van der Waals surface area contributed by atoms with Gasteiger partial charge < -0.3 is 10.2 Å². The Balaban J connectivity index is 1.70. The second kappa shape index (κ2) is 6.62. The number of hydrogen-bond donors (Lipinski definition) is 1. The average molecular weight is 331 g/mol. The zero-order valence-corrected chi connectivity index (χ0v) is 14.4. The van der Waals surface area contributed by atoms with Crippen molar-refractivity contribution in [2.75, 3.05) is 17.2 Å². The van der Waals surface area contributed by atoms with Gasteiger partial charge in [0.25, 0.3) is 0 Å². The van der Waals surface area contributed by atoms with Crippen molar-refractivity contribution in [2.45, 2.75) is 38.5 Å². The predicted molar refractivity (Wildman–Crippen MR) is 92.2 cm³/mol. The van der Waals surface area contributed by atoms with Crippen molar-refractivity contribution in [3.8, 4) is 0 Å². The van der Waals surface area contributed by atoms with Gasteiger partial charge in [0.2, 0.25) is 11.9 Å². The van der Waals surface area contributed by atoms with Crippen LogP contribution in [0.15, 0.2) is 29.4 Å². The van der Waals surface area contributed by atoms with E-state index in [2.05, 4.69) is 56.2 Å². The Labute approximate surface area is 140 Å². The third-order valence-corrected chi connectivity index (χ3v) is 4.58. The minimum absolute atomic E-state index is 0.0238. The lowest BCUT2D eigenvalue weighted by Gasteiger charge is -2.15. The molecule has 0 spiro atoms. The summed E-state index contributed by atoms with van der Waals surface area (Å²) in [4.78, 5) is 13.9. The molecule has 2 aromatic rings. The highest BCUT2D eigenvalue weighted by Crippen LogP contribution is 2.31. The minimum Gasteiger partial charge on any atom is -0.353 e. The molecule has 0 radical (unpaired) electrons. The van der Waals surface area contributed by atoms with E-state index in [1.54, 1.807) is 0 Å². The summed E-state index contributed by atoms with van der Waals surface area (Å²) in [5.74, 6) is 1.23. The van der Waals surface area contributed by atoms with Gasteiger partial charge >= 0.3 is 0 Å². The summed E-state index contributed by atoms with van der Waals surface area (Å²) in [6, 6.07) is 8.55. The van der Waals surface area contributed by atoms with Crippen LogP contribution in [0.3, 0.4) is 0 Å². The van der Waals surface area contributed by atoms with Gasteiger partial charge in [-0.05, 0) is 32.9 Å². The van der Waals surface area contributed by atoms with Crippen molar-refractivity contribution in [3.63, 3.8) is 0 Å². The van der Waals surface area contributed by atoms with Crippen molar-refractivity contribution in [2.24, 2.45) is 0 Å². The molecule has 1 N–H and O–H groups in total. The summed E-state index contributed by atoms with van der Waals surface area (Å²) in [6.07, 6.45) is 0. The third-order valence-electron chi connectivity index (χ3n) is 3.61. The lowest BCUT2D eigenvalue weighted by Crippen LogP contribution is -2.31. The van der Waals surface area contributed by atoms with Crippen LogP contribution in [0.1, 0.15) is 19.4 Å². The fraction of sp³-hybridized carbons (Fsp3) is 0.438. The van der Waals surface area contributed by atoms with Crippen LogP contribution in [-0.4, -0.2) is 39.0 Å². The number of benzene rings is 1. The Kier molecular flexibility index (Phi) is 4.56. The van der Waals surface area contributed by atoms with Crippen molar-refractivity contribution in [3.05, 3.63) is 29.8 Å². The summed E-state index contributed by atoms with van der Waals surface area (Å²) in [6.45, 7) is 7.70. The number of amides is 1. The molecule has 1 aromatic carbocycles. The number of carbonyl (C=O) groups is 1. The summed E-state index contributed by atoms with van der Waals surface area (Å²) >= 11 is 1.43. The molecular weight excluding hydrogens is 310 g/mol. The molecule has 6 nitrogen and oxygen atoms in total. The van der Waals surface area contributed by atoms with E-state index in [1.807, 2.05) is 13.8 Å². The van der Waals surface area contributed by atoms with Gasteiger partial charge in [-0.3, -0.25) is 9.36 Å². The number of rotatable bonds is 5. The highest BCUT2D eigenvalue weighted by Gasteiger charge is 2.26. The Bertz CT molecular complexity index is 695. The second-order valence-corrected chi connectivity index (χ2v) is 6.87. The number of aryl methyl sites for hydroxylation is 1. The molecule has 1 amide bonds. The van der Waals surface area contributed by atoms with Crippen LogP contribution in [0.25, 0.3) is 0 Å². The van der Waals surface area contributed by atoms with Gasteiger partial charge in [0.05, 0.1) is 5.75 Å². The van der Waals surface area contributed by atoms with Crippen LogP contribution in [0, 0.1) is 6.92 Å². The fourth-order valence-corrected chi connectivity index (χ4v) is 3.32. The van der Waals surface area contributed by atoms with Crippen LogP contribution in [0.4, 0.5) is 11.6 Å². The van der Waals surface area contributed by atoms with E-state index in [0.717, 1.165) is 29.9 Å². The van der Waals surface area contributed by atoms with Gasteiger partial charge in [-0.2, -0.15) is 0 Å². The molecule has 0 saturated heterocycles. The normalized spacial score (nSPS) is 13.5.